The smallest absolute Gasteiger partial charge is 0.334 e. The van der Waals surface area contributed by atoms with E-state index in [0.29, 0.717) is 12.8 Å². The van der Waals surface area contributed by atoms with E-state index in [1.54, 1.807) is 18.2 Å². The van der Waals surface area contributed by atoms with Gasteiger partial charge in [-0.1, -0.05) is 60.7 Å². The van der Waals surface area contributed by atoms with Gasteiger partial charge in [0.15, 0.2) is 0 Å². The zero-order chi connectivity index (χ0) is 16.0. The molecule has 2 aromatic rings. The van der Waals surface area contributed by atoms with Crippen LogP contribution in [0.4, 0.5) is 8.78 Å². The van der Waals surface area contributed by atoms with Gasteiger partial charge in [-0.15, -0.1) is 0 Å². The second-order valence-corrected chi connectivity index (χ2v) is 5.20. The van der Waals surface area contributed by atoms with Crippen LogP contribution >= 0.6 is 0 Å². The van der Waals surface area contributed by atoms with Crippen molar-refractivity contribution in [2.75, 3.05) is 0 Å². The standard InChI is InChI=1S/C18H18F2O2/c19-18(20,17(22)15-11-5-2-6-12-15)16(21)13-7-10-14-8-3-1-4-9-14/h1-6,8-9,11-12,17,22H,7,10,13H2. The minimum atomic E-state index is -3.77. The Morgan fingerprint density at radius 3 is 2.14 bits per heavy atom. The third-order valence-electron chi connectivity index (χ3n) is 3.54. The lowest BCUT2D eigenvalue weighted by Gasteiger charge is -2.21. The monoisotopic (exact) mass is 304 g/mol. The van der Waals surface area contributed by atoms with Gasteiger partial charge in [0.1, 0.15) is 6.10 Å². The summed E-state index contributed by atoms with van der Waals surface area (Å²) in [7, 11) is 0. The highest BCUT2D eigenvalue weighted by molar-refractivity contribution is 5.86. The first kappa shape index (κ1) is 16.3. The first-order valence-corrected chi connectivity index (χ1v) is 7.20. The lowest BCUT2D eigenvalue weighted by atomic mass is 9.97. The summed E-state index contributed by atoms with van der Waals surface area (Å²) in [5.41, 5.74) is 1.05. The van der Waals surface area contributed by atoms with Crippen LogP contribution in [0.25, 0.3) is 0 Å². The van der Waals surface area contributed by atoms with Crippen molar-refractivity contribution >= 4 is 5.78 Å². The number of carbonyl (C=O) groups excluding carboxylic acids is 1. The molecular formula is C18H18F2O2. The van der Waals surface area contributed by atoms with E-state index in [1.807, 2.05) is 30.3 Å². The topological polar surface area (TPSA) is 37.3 Å². The number of aryl methyl sites for hydroxylation is 1. The number of halogens is 2. The van der Waals surface area contributed by atoms with Crippen LogP contribution in [-0.4, -0.2) is 16.8 Å². The van der Waals surface area contributed by atoms with E-state index < -0.39 is 17.8 Å². The van der Waals surface area contributed by atoms with Crippen LogP contribution in [0.2, 0.25) is 0 Å². The van der Waals surface area contributed by atoms with Gasteiger partial charge in [0.25, 0.3) is 0 Å². The van der Waals surface area contributed by atoms with E-state index in [0.717, 1.165) is 5.56 Å². The highest BCUT2D eigenvalue weighted by atomic mass is 19.3. The molecule has 4 heteroatoms. The van der Waals surface area contributed by atoms with Crippen LogP contribution in [-0.2, 0) is 11.2 Å². The van der Waals surface area contributed by atoms with E-state index in [1.165, 1.54) is 12.1 Å². The van der Waals surface area contributed by atoms with Gasteiger partial charge >= 0.3 is 5.92 Å². The highest BCUT2D eigenvalue weighted by Gasteiger charge is 2.46. The maximum atomic E-state index is 14.0. The number of aliphatic hydroxyl groups is 1. The summed E-state index contributed by atoms with van der Waals surface area (Å²) in [5, 5.41) is 9.76. The fraction of sp³-hybridized carbons (Fsp3) is 0.278. The molecule has 0 saturated heterocycles. The Bertz CT molecular complexity index is 597. The Morgan fingerprint density at radius 1 is 1.00 bits per heavy atom. The normalized spacial score (nSPS) is 12.9. The molecule has 0 fully saturated rings. The molecule has 2 rings (SSSR count). The largest absolute Gasteiger partial charge is 0.382 e. The number of hydrogen-bond acceptors (Lipinski definition) is 2. The number of alkyl halides is 2. The van der Waals surface area contributed by atoms with Crippen molar-refractivity contribution in [1.29, 1.82) is 0 Å². The van der Waals surface area contributed by atoms with Gasteiger partial charge in [-0.05, 0) is 24.0 Å². The lowest BCUT2D eigenvalue weighted by Crippen LogP contribution is -2.35. The Labute approximate surface area is 128 Å². The van der Waals surface area contributed by atoms with Gasteiger partial charge in [-0.3, -0.25) is 4.79 Å². The van der Waals surface area contributed by atoms with E-state index in [-0.39, 0.29) is 12.0 Å². The summed E-state index contributed by atoms with van der Waals surface area (Å²) in [6, 6.07) is 16.9. The van der Waals surface area contributed by atoms with E-state index in [9.17, 15) is 18.7 Å². The molecule has 1 N–H and O–H groups in total. The van der Waals surface area contributed by atoms with Gasteiger partial charge in [0, 0.05) is 6.42 Å². The average Bonchev–Trinajstić information content (AvgIpc) is 2.55. The Kier molecular flexibility index (Phi) is 5.39. The minimum Gasteiger partial charge on any atom is -0.382 e. The van der Waals surface area contributed by atoms with Crippen molar-refractivity contribution in [3.05, 3.63) is 71.8 Å². The summed E-state index contributed by atoms with van der Waals surface area (Å²) in [6.07, 6.45) is -1.46. The minimum absolute atomic E-state index is 0.0453. The van der Waals surface area contributed by atoms with Crippen LogP contribution in [0.1, 0.15) is 30.1 Å². The maximum Gasteiger partial charge on any atom is 0.334 e. The summed E-state index contributed by atoms with van der Waals surface area (Å²) in [6.45, 7) is 0. The van der Waals surface area contributed by atoms with Gasteiger partial charge in [-0.25, -0.2) is 0 Å². The van der Waals surface area contributed by atoms with Gasteiger partial charge in [0.2, 0.25) is 5.78 Å². The van der Waals surface area contributed by atoms with Gasteiger partial charge in [-0.2, -0.15) is 8.78 Å². The average molecular weight is 304 g/mol. The predicted octanol–water partition coefficient (Wildman–Crippen LogP) is 3.95. The van der Waals surface area contributed by atoms with Crippen molar-refractivity contribution in [3.63, 3.8) is 0 Å². The number of aliphatic hydroxyl groups excluding tert-OH is 1. The second-order valence-electron chi connectivity index (χ2n) is 5.20. The third-order valence-corrected chi connectivity index (χ3v) is 3.54. The van der Waals surface area contributed by atoms with Crippen LogP contribution < -0.4 is 0 Å². The molecule has 0 saturated carbocycles. The molecule has 0 spiro atoms. The van der Waals surface area contributed by atoms with Crippen LogP contribution in [0.15, 0.2) is 60.7 Å². The van der Waals surface area contributed by atoms with Crippen LogP contribution in [0.3, 0.4) is 0 Å². The Balaban J connectivity index is 1.93. The third kappa shape index (κ3) is 3.98. The lowest BCUT2D eigenvalue weighted by molar-refractivity contribution is -0.161. The van der Waals surface area contributed by atoms with Crippen molar-refractivity contribution in [2.45, 2.75) is 31.3 Å². The number of Topliss-reactive ketones (excluding diaryl/α,β-unsaturated/α-hetero) is 1. The number of benzene rings is 2. The Morgan fingerprint density at radius 2 is 1.55 bits per heavy atom. The summed E-state index contributed by atoms with van der Waals surface area (Å²) in [4.78, 5) is 11.8. The fourth-order valence-electron chi connectivity index (χ4n) is 2.26. The van der Waals surface area contributed by atoms with Crippen LogP contribution in [0, 0.1) is 0 Å². The maximum absolute atomic E-state index is 14.0. The molecule has 1 atom stereocenters. The van der Waals surface area contributed by atoms with Gasteiger partial charge < -0.3 is 5.11 Å². The number of hydrogen-bond donors (Lipinski definition) is 1. The molecule has 2 nitrogen and oxygen atoms in total. The first-order valence-electron chi connectivity index (χ1n) is 7.20. The molecule has 1 unspecified atom stereocenters. The molecule has 22 heavy (non-hydrogen) atoms. The zero-order valence-corrected chi connectivity index (χ0v) is 12.1. The molecule has 0 aromatic heterocycles. The Hall–Kier alpha value is -2.07. The molecule has 0 heterocycles. The zero-order valence-electron chi connectivity index (χ0n) is 12.1. The molecule has 0 aliphatic carbocycles. The van der Waals surface area contributed by atoms with Crippen molar-refractivity contribution < 1.29 is 18.7 Å². The quantitative estimate of drug-likeness (QED) is 0.841. The fourth-order valence-corrected chi connectivity index (χ4v) is 2.26. The molecule has 0 radical (unpaired) electrons. The molecular weight excluding hydrogens is 286 g/mol. The summed E-state index contributed by atoms with van der Waals surface area (Å²) >= 11 is 0. The number of rotatable bonds is 7. The van der Waals surface area contributed by atoms with Crippen molar-refractivity contribution in [3.8, 4) is 0 Å². The molecule has 0 aliphatic heterocycles. The van der Waals surface area contributed by atoms with Crippen LogP contribution in [0.5, 0.6) is 0 Å². The second kappa shape index (κ2) is 7.27. The van der Waals surface area contributed by atoms with E-state index in [2.05, 4.69) is 0 Å². The predicted molar refractivity (Wildman–Crippen MR) is 80.7 cm³/mol. The van der Waals surface area contributed by atoms with Crippen molar-refractivity contribution in [1.82, 2.24) is 0 Å². The molecule has 116 valence electrons. The highest BCUT2D eigenvalue weighted by Crippen LogP contribution is 2.33. The first-order chi connectivity index (χ1) is 10.5. The molecule has 0 aliphatic rings. The van der Waals surface area contributed by atoms with E-state index >= 15 is 0 Å². The molecule has 0 amide bonds. The molecule has 2 aromatic carbocycles. The SMILES string of the molecule is O=C(CCCc1ccccc1)C(F)(F)C(O)c1ccccc1. The van der Waals surface area contributed by atoms with E-state index in [4.69, 9.17) is 0 Å². The summed E-state index contributed by atoms with van der Waals surface area (Å²) < 4.78 is 28.0. The van der Waals surface area contributed by atoms with Gasteiger partial charge in [0.05, 0.1) is 0 Å². The number of ketones is 1. The van der Waals surface area contributed by atoms with Crippen molar-refractivity contribution in [2.24, 2.45) is 0 Å². The molecule has 0 bridgehead atoms. The number of carbonyl (C=O) groups is 1. The summed E-state index contributed by atoms with van der Waals surface area (Å²) in [5.74, 6) is -4.99.